The van der Waals surface area contributed by atoms with Gasteiger partial charge in [0.15, 0.2) is 16.7 Å². The van der Waals surface area contributed by atoms with Crippen LogP contribution in [0.5, 0.6) is 11.5 Å². The van der Waals surface area contributed by atoms with Crippen LogP contribution >= 0.6 is 23.4 Å². The largest absolute Gasteiger partial charge is 0.503 e. The molecule has 0 saturated heterocycles. The summed E-state index contributed by atoms with van der Waals surface area (Å²) in [5.74, 6) is 0.180. The quantitative estimate of drug-likeness (QED) is 0.502. The molecular weight excluding hydrogens is 262 g/mol. The first-order valence-corrected chi connectivity index (χ1v) is 6.15. The van der Waals surface area contributed by atoms with Gasteiger partial charge in [0.1, 0.15) is 0 Å². The van der Waals surface area contributed by atoms with E-state index in [0.717, 1.165) is 0 Å². The fourth-order valence-electron chi connectivity index (χ4n) is 1.02. The lowest BCUT2D eigenvalue weighted by Crippen LogP contribution is -2.03. The number of rotatable bonds is 3. The second kappa shape index (κ2) is 6.36. The number of hydrogen-bond acceptors (Lipinski definition) is 5. The molecule has 0 atom stereocenters. The molecule has 0 aliphatic heterocycles. The van der Waals surface area contributed by atoms with E-state index in [1.54, 1.807) is 18.4 Å². The number of nitrogens with zero attached hydrogens (tertiary/aromatic N) is 2. The van der Waals surface area contributed by atoms with Crippen LogP contribution in [0, 0.1) is 0 Å². The van der Waals surface area contributed by atoms with Crippen LogP contribution < -0.4 is 10.5 Å². The standard InChI is InChI=1S/C10H12ClN3O2S/c1-16-8-4-6(3-7(11)9(8)15)5-13-14-10(12)17-2/h3-5,15H,1-2H3,(H2,12,14)/b13-5-. The normalized spacial score (nSPS) is 12.1. The number of aromatic hydroxyl groups is 1. The Morgan fingerprint density at radius 1 is 1.59 bits per heavy atom. The van der Waals surface area contributed by atoms with Crippen molar-refractivity contribution in [1.82, 2.24) is 0 Å². The summed E-state index contributed by atoms with van der Waals surface area (Å²) in [5, 5.41) is 17.6. The molecule has 0 unspecified atom stereocenters. The molecule has 0 radical (unpaired) electrons. The van der Waals surface area contributed by atoms with Crippen molar-refractivity contribution in [3.05, 3.63) is 22.7 Å². The first-order valence-electron chi connectivity index (χ1n) is 4.55. The highest BCUT2D eigenvalue weighted by Crippen LogP contribution is 2.34. The number of amidine groups is 1. The molecule has 7 heteroatoms. The molecule has 0 spiro atoms. The topological polar surface area (TPSA) is 80.2 Å². The number of hydrogen-bond donors (Lipinski definition) is 2. The van der Waals surface area contributed by atoms with Gasteiger partial charge in [-0.15, -0.1) is 5.10 Å². The monoisotopic (exact) mass is 273 g/mol. The summed E-state index contributed by atoms with van der Waals surface area (Å²) in [6, 6.07) is 3.14. The second-order valence-electron chi connectivity index (χ2n) is 2.94. The summed E-state index contributed by atoms with van der Waals surface area (Å²) in [6.45, 7) is 0. The highest BCUT2D eigenvalue weighted by molar-refractivity contribution is 8.13. The Kier molecular flexibility index (Phi) is 5.11. The molecule has 0 aliphatic carbocycles. The van der Waals surface area contributed by atoms with Gasteiger partial charge in [0.05, 0.1) is 18.3 Å². The summed E-state index contributed by atoms with van der Waals surface area (Å²) in [5.41, 5.74) is 6.11. The minimum absolute atomic E-state index is 0.0987. The lowest BCUT2D eigenvalue weighted by Gasteiger charge is -2.05. The number of halogens is 1. The van der Waals surface area contributed by atoms with Gasteiger partial charge in [-0.3, -0.25) is 0 Å². The molecule has 5 nitrogen and oxygen atoms in total. The third-order valence-electron chi connectivity index (χ3n) is 1.84. The van der Waals surface area contributed by atoms with Crippen molar-refractivity contribution in [3.8, 4) is 11.5 Å². The molecule has 92 valence electrons. The summed E-state index contributed by atoms with van der Waals surface area (Å²) in [4.78, 5) is 0. The Bertz CT molecular complexity index is 463. The molecule has 0 aliphatic rings. The van der Waals surface area contributed by atoms with Crippen molar-refractivity contribution in [3.63, 3.8) is 0 Å². The van der Waals surface area contributed by atoms with Crippen molar-refractivity contribution in [1.29, 1.82) is 0 Å². The van der Waals surface area contributed by atoms with Crippen LogP contribution in [0.15, 0.2) is 22.3 Å². The Hall–Kier alpha value is -1.40. The minimum atomic E-state index is -0.0987. The average Bonchev–Trinajstić information content (AvgIpc) is 2.33. The average molecular weight is 274 g/mol. The summed E-state index contributed by atoms with van der Waals surface area (Å²) < 4.78 is 4.95. The van der Waals surface area contributed by atoms with E-state index < -0.39 is 0 Å². The van der Waals surface area contributed by atoms with E-state index in [0.29, 0.717) is 10.7 Å². The SMILES string of the molecule is COc1cc(/C=N\N=C(/N)SC)cc(Cl)c1O. The zero-order chi connectivity index (χ0) is 12.8. The fourth-order valence-corrected chi connectivity index (χ4v) is 1.37. The molecule has 0 amide bonds. The van der Waals surface area contributed by atoms with Crippen LogP contribution in [0.1, 0.15) is 5.56 Å². The van der Waals surface area contributed by atoms with Gasteiger partial charge in [0.2, 0.25) is 0 Å². The number of phenols is 1. The van der Waals surface area contributed by atoms with Gasteiger partial charge in [0, 0.05) is 5.56 Å². The third-order valence-corrected chi connectivity index (χ3v) is 2.63. The number of ether oxygens (including phenoxy) is 1. The van der Waals surface area contributed by atoms with Crippen molar-refractivity contribution < 1.29 is 9.84 Å². The zero-order valence-electron chi connectivity index (χ0n) is 9.35. The number of benzene rings is 1. The van der Waals surface area contributed by atoms with E-state index in [-0.39, 0.29) is 16.5 Å². The molecule has 1 aromatic rings. The minimum Gasteiger partial charge on any atom is -0.503 e. The molecule has 0 aromatic heterocycles. The number of nitrogens with two attached hydrogens (primary N) is 1. The lowest BCUT2D eigenvalue weighted by atomic mass is 10.2. The summed E-state index contributed by atoms with van der Waals surface area (Å²) >= 11 is 7.11. The number of methoxy groups -OCH3 is 1. The smallest absolute Gasteiger partial charge is 0.180 e. The zero-order valence-corrected chi connectivity index (χ0v) is 10.9. The van der Waals surface area contributed by atoms with Gasteiger partial charge >= 0.3 is 0 Å². The first-order chi connectivity index (χ1) is 8.08. The predicted molar refractivity (Wildman–Crippen MR) is 72.4 cm³/mol. The molecule has 17 heavy (non-hydrogen) atoms. The molecule has 3 N–H and O–H groups in total. The van der Waals surface area contributed by atoms with Gasteiger partial charge in [-0.05, 0) is 18.4 Å². The van der Waals surface area contributed by atoms with E-state index >= 15 is 0 Å². The van der Waals surface area contributed by atoms with Gasteiger partial charge in [-0.2, -0.15) is 5.10 Å². The number of thioether (sulfide) groups is 1. The first kappa shape index (κ1) is 13.7. The van der Waals surface area contributed by atoms with Gasteiger partial charge in [-0.25, -0.2) is 0 Å². The number of phenolic OH excluding ortho intramolecular Hbond substituents is 1. The maximum atomic E-state index is 9.52. The van der Waals surface area contributed by atoms with E-state index in [9.17, 15) is 5.11 Å². The molecule has 0 fully saturated rings. The predicted octanol–water partition coefficient (Wildman–Crippen LogP) is 2.07. The van der Waals surface area contributed by atoms with Gasteiger partial charge in [0.25, 0.3) is 0 Å². The van der Waals surface area contributed by atoms with Gasteiger partial charge in [-0.1, -0.05) is 23.4 Å². The highest BCUT2D eigenvalue weighted by atomic mass is 35.5. The van der Waals surface area contributed by atoms with Crippen molar-refractivity contribution in [2.45, 2.75) is 0 Å². The van der Waals surface area contributed by atoms with Crippen LogP contribution in [0.3, 0.4) is 0 Å². The molecule has 0 bridgehead atoms. The Balaban J connectivity index is 2.96. The molecular formula is C10H12ClN3O2S. The van der Waals surface area contributed by atoms with E-state index in [2.05, 4.69) is 10.2 Å². The van der Waals surface area contributed by atoms with Crippen LogP contribution in [0.4, 0.5) is 0 Å². The van der Waals surface area contributed by atoms with E-state index in [4.69, 9.17) is 22.1 Å². The Labute approximate surface area is 108 Å². The maximum Gasteiger partial charge on any atom is 0.180 e. The van der Waals surface area contributed by atoms with Crippen LogP contribution in [-0.4, -0.2) is 29.9 Å². The van der Waals surface area contributed by atoms with E-state index in [1.807, 2.05) is 0 Å². The van der Waals surface area contributed by atoms with Crippen molar-refractivity contribution in [2.75, 3.05) is 13.4 Å². The van der Waals surface area contributed by atoms with Crippen molar-refractivity contribution >= 4 is 34.7 Å². The highest BCUT2D eigenvalue weighted by Gasteiger charge is 2.07. The maximum absolute atomic E-state index is 9.52. The molecule has 0 saturated carbocycles. The van der Waals surface area contributed by atoms with Crippen LogP contribution in [-0.2, 0) is 0 Å². The van der Waals surface area contributed by atoms with Crippen LogP contribution in [0.25, 0.3) is 0 Å². The van der Waals surface area contributed by atoms with Crippen molar-refractivity contribution in [2.24, 2.45) is 15.9 Å². The lowest BCUT2D eigenvalue weighted by molar-refractivity contribution is 0.373. The summed E-state index contributed by atoms with van der Waals surface area (Å²) in [6.07, 6.45) is 3.27. The summed E-state index contributed by atoms with van der Waals surface area (Å²) in [7, 11) is 1.44. The Morgan fingerprint density at radius 3 is 2.88 bits per heavy atom. The van der Waals surface area contributed by atoms with Crippen LogP contribution in [0.2, 0.25) is 5.02 Å². The molecule has 0 heterocycles. The Morgan fingerprint density at radius 2 is 2.29 bits per heavy atom. The fraction of sp³-hybridized carbons (Fsp3) is 0.200. The third kappa shape index (κ3) is 3.83. The molecule has 1 aromatic carbocycles. The second-order valence-corrected chi connectivity index (χ2v) is 4.17. The van der Waals surface area contributed by atoms with E-state index in [1.165, 1.54) is 25.1 Å². The van der Waals surface area contributed by atoms with Gasteiger partial charge < -0.3 is 15.6 Å². The molecule has 1 rings (SSSR count).